The Hall–Kier alpha value is -1.16. The van der Waals surface area contributed by atoms with Gasteiger partial charge in [-0.2, -0.15) is 0 Å². The first-order valence-corrected chi connectivity index (χ1v) is 5.72. The van der Waals surface area contributed by atoms with Gasteiger partial charge in [0.25, 0.3) is 0 Å². The Bertz CT molecular complexity index is 339. The smallest absolute Gasteiger partial charge is 0.316 e. The van der Waals surface area contributed by atoms with Gasteiger partial charge in [0.2, 0.25) is 0 Å². The van der Waals surface area contributed by atoms with E-state index in [1.54, 1.807) is 6.20 Å². The van der Waals surface area contributed by atoms with Crippen LogP contribution in [0.3, 0.4) is 0 Å². The van der Waals surface area contributed by atoms with Crippen LogP contribution in [0.4, 0.5) is 0 Å². The molecule has 1 unspecified atom stereocenters. The van der Waals surface area contributed by atoms with Crippen molar-refractivity contribution in [3.63, 3.8) is 0 Å². The van der Waals surface area contributed by atoms with Crippen molar-refractivity contribution in [3.8, 4) is 6.01 Å². The summed E-state index contributed by atoms with van der Waals surface area (Å²) in [7, 11) is 0. The van der Waals surface area contributed by atoms with Crippen LogP contribution in [0.25, 0.3) is 0 Å². The molecule has 0 aromatic carbocycles. The summed E-state index contributed by atoms with van der Waals surface area (Å²) in [5.74, 6) is 0.611. The van der Waals surface area contributed by atoms with Gasteiger partial charge in [0.1, 0.15) is 0 Å². The molecular weight excluding hydrogens is 202 g/mol. The molecule has 1 rings (SSSR count). The minimum absolute atomic E-state index is 0.142. The molecule has 0 bridgehead atoms. The number of nitrogens with two attached hydrogens (primary N) is 1. The fourth-order valence-electron chi connectivity index (χ4n) is 1.62. The maximum Gasteiger partial charge on any atom is 0.316 e. The topological polar surface area (TPSA) is 61.0 Å². The lowest BCUT2D eigenvalue weighted by molar-refractivity contribution is 0.177. The van der Waals surface area contributed by atoms with Crippen molar-refractivity contribution in [1.29, 1.82) is 0 Å². The third-order valence-electron chi connectivity index (χ3n) is 2.39. The van der Waals surface area contributed by atoms with E-state index in [0.29, 0.717) is 18.5 Å². The van der Waals surface area contributed by atoms with Crippen LogP contribution in [0.2, 0.25) is 0 Å². The van der Waals surface area contributed by atoms with Crippen LogP contribution in [0.15, 0.2) is 6.20 Å². The maximum atomic E-state index is 5.64. The fourth-order valence-corrected chi connectivity index (χ4v) is 1.62. The van der Waals surface area contributed by atoms with E-state index < -0.39 is 0 Å². The molecule has 2 N–H and O–H groups in total. The predicted octanol–water partition coefficient (Wildman–Crippen LogP) is 2.06. The van der Waals surface area contributed by atoms with Crippen molar-refractivity contribution in [3.05, 3.63) is 17.5 Å². The molecule has 1 atom stereocenters. The third kappa shape index (κ3) is 3.77. The zero-order valence-corrected chi connectivity index (χ0v) is 10.5. The van der Waals surface area contributed by atoms with Crippen molar-refractivity contribution in [2.75, 3.05) is 0 Å². The van der Waals surface area contributed by atoms with Gasteiger partial charge < -0.3 is 10.5 Å². The van der Waals surface area contributed by atoms with Gasteiger partial charge in [-0.3, -0.25) is 0 Å². The van der Waals surface area contributed by atoms with Gasteiger partial charge in [0.15, 0.2) is 0 Å². The first-order valence-electron chi connectivity index (χ1n) is 5.72. The molecule has 0 amide bonds. The number of ether oxygens (including phenoxy) is 1. The van der Waals surface area contributed by atoms with Gasteiger partial charge in [-0.05, 0) is 26.2 Å². The van der Waals surface area contributed by atoms with Crippen LogP contribution in [0.1, 0.15) is 38.4 Å². The molecule has 0 aliphatic carbocycles. The summed E-state index contributed by atoms with van der Waals surface area (Å²) in [6.07, 6.45) is 2.88. The Kier molecular flexibility index (Phi) is 4.68. The van der Waals surface area contributed by atoms with Gasteiger partial charge in [0.05, 0.1) is 6.10 Å². The van der Waals surface area contributed by atoms with Crippen LogP contribution >= 0.6 is 0 Å². The quantitative estimate of drug-likeness (QED) is 0.830. The summed E-state index contributed by atoms with van der Waals surface area (Å²) in [6.45, 7) is 8.76. The van der Waals surface area contributed by atoms with Crippen LogP contribution in [0, 0.1) is 12.8 Å². The Morgan fingerprint density at radius 1 is 1.38 bits per heavy atom. The monoisotopic (exact) mass is 223 g/mol. The summed E-state index contributed by atoms with van der Waals surface area (Å²) in [6, 6.07) is 0.447. The number of nitrogens with zero attached hydrogens (tertiary/aromatic N) is 2. The summed E-state index contributed by atoms with van der Waals surface area (Å²) < 4.78 is 5.64. The highest BCUT2D eigenvalue weighted by atomic mass is 16.5. The molecule has 1 aromatic heterocycles. The molecular formula is C12H21N3O. The lowest BCUT2D eigenvalue weighted by Crippen LogP contribution is -2.16. The van der Waals surface area contributed by atoms with Gasteiger partial charge >= 0.3 is 6.01 Å². The molecule has 0 fully saturated rings. The normalized spacial score (nSPS) is 12.9. The molecule has 1 aromatic rings. The first kappa shape index (κ1) is 12.9. The summed E-state index contributed by atoms with van der Waals surface area (Å²) in [4.78, 5) is 8.42. The van der Waals surface area contributed by atoms with E-state index in [1.165, 1.54) is 0 Å². The van der Waals surface area contributed by atoms with Crippen LogP contribution in [-0.4, -0.2) is 16.1 Å². The molecule has 0 saturated heterocycles. The Balaban J connectivity index is 2.64. The zero-order valence-electron chi connectivity index (χ0n) is 10.5. The molecule has 0 aliphatic heterocycles. The second kappa shape index (κ2) is 5.80. The Morgan fingerprint density at radius 3 is 2.56 bits per heavy atom. The van der Waals surface area contributed by atoms with Crippen LogP contribution in [-0.2, 0) is 6.54 Å². The van der Waals surface area contributed by atoms with Crippen molar-refractivity contribution in [1.82, 2.24) is 9.97 Å². The predicted molar refractivity (Wildman–Crippen MR) is 64.2 cm³/mol. The summed E-state index contributed by atoms with van der Waals surface area (Å²) >= 11 is 0. The molecule has 90 valence electrons. The van der Waals surface area contributed by atoms with Gasteiger partial charge in [-0.1, -0.05) is 13.8 Å². The number of aromatic nitrogens is 2. The second-order valence-corrected chi connectivity index (χ2v) is 4.53. The number of aryl methyl sites for hydroxylation is 1. The van der Waals surface area contributed by atoms with E-state index in [0.717, 1.165) is 17.7 Å². The van der Waals surface area contributed by atoms with Gasteiger partial charge in [0, 0.05) is 24.0 Å². The summed E-state index contributed by atoms with van der Waals surface area (Å²) in [5, 5.41) is 0. The largest absolute Gasteiger partial charge is 0.460 e. The minimum atomic E-state index is 0.142. The SMILES string of the molecule is Cc1nc(OC(C)CC(C)C)ncc1CN. The molecule has 4 heteroatoms. The lowest BCUT2D eigenvalue weighted by Gasteiger charge is -2.15. The Morgan fingerprint density at radius 2 is 2.06 bits per heavy atom. The van der Waals surface area contributed by atoms with Crippen molar-refractivity contribution < 1.29 is 4.74 Å². The van der Waals surface area contributed by atoms with E-state index in [4.69, 9.17) is 10.5 Å². The van der Waals surface area contributed by atoms with Gasteiger partial charge in [-0.25, -0.2) is 9.97 Å². The van der Waals surface area contributed by atoms with E-state index in [2.05, 4.69) is 23.8 Å². The van der Waals surface area contributed by atoms with Crippen LogP contribution in [0.5, 0.6) is 6.01 Å². The number of hydrogen-bond acceptors (Lipinski definition) is 4. The fraction of sp³-hybridized carbons (Fsp3) is 0.667. The number of hydrogen-bond donors (Lipinski definition) is 1. The van der Waals surface area contributed by atoms with E-state index in [1.807, 2.05) is 13.8 Å². The highest BCUT2D eigenvalue weighted by molar-refractivity contribution is 5.17. The molecule has 0 spiro atoms. The van der Waals surface area contributed by atoms with E-state index in [9.17, 15) is 0 Å². The molecule has 0 saturated carbocycles. The first-order chi connectivity index (χ1) is 7.52. The van der Waals surface area contributed by atoms with Crippen LogP contribution < -0.4 is 10.5 Å². The van der Waals surface area contributed by atoms with E-state index >= 15 is 0 Å². The van der Waals surface area contributed by atoms with Crippen molar-refractivity contribution in [2.45, 2.75) is 46.8 Å². The highest BCUT2D eigenvalue weighted by Crippen LogP contribution is 2.13. The lowest BCUT2D eigenvalue weighted by atomic mass is 10.1. The average molecular weight is 223 g/mol. The van der Waals surface area contributed by atoms with Crippen molar-refractivity contribution >= 4 is 0 Å². The molecule has 0 radical (unpaired) electrons. The second-order valence-electron chi connectivity index (χ2n) is 4.53. The van der Waals surface area contributed by atoms with Crippen molar-refractivity contribution in [2.24, 2.45) is 11.7 Å². The van der Waals surface area contributed by atoms with Gasteiger partial charge in [-0.15, -0.1) is 0 Å². The molecule has 0 aliphatic rings. The zero-order chi connectivity index (χ0) is 12.1. The molecule has 4 nitrogen and oxygen atoms in total. The number of rotatable bonds is 5. The average Bonchev–Trinajstić information content (AvgIpc) is 2.16. The maximum absolute atomic E-state index is 5.64. The highest BCUT2D eigenvalue weighted by Gasteiger charge is 2.09. The standard InChI is InChI=1S/C12H21N3O/c1-8(2)5-9(3)16-12-14-7-11(6-13)10(4)15-12/h7-9H,5-6,13H2,1-4H3. The summed E-state index contributed by atoms with van der Waals surface area (Å²) in [5.41, 5.74) is 7.40. The van der Waals surface area contributed by atoms with E-state index in [-0.39, 0.29) is 6.10 Å². The minimum Gasteiger partial charge on any atom is -0.460 e. The third-order valence-corrected chi connectivity index (χ3v) is 2.39. The molecule has 16 heavy (non-hydrogen) atoms. The molecule has 1 heterocycles. The Labute approximate surface area is 97.2 Å².